The van der Waals surface area contributed by atoms with Gasteiger partial charge in [0.25, 0.3) is 0 Å². The minimum atomic E-state index is 0.726. The Bertz CT molecular complexity index is 438. The van der Waals surface area contributed by atoms with Crippen LogP contribution < -0.4 is 5.73 Å². The van der Waals surface area contributed by atoms with Gasteiger partial charge in [0.1, 0.15) is 0 Å². The molecule has 4 nitrogen and oxygen atoms in total. The Labute approximate surface area is 105 Å². The predicted molar refractivity (Wildman–Crippen MR) is 69.8 cm³/mol. The van der Waals surface area contributed by atoms with Gasteiger partial charge in [-0.3, -0.25) is 0 Å². The lowest BCUT2D eigenvalue weighted by Gasteiger charge is -2.13. The van der Waals surface area contributed by atoms with Crippen molar-refractivity contribution in [3.05, 3.63) is 29.3 Å². The number of hydrogen-bond donors (Lipinski definition) is 1. The Morgan fingerprint density at radius 2 is 2.41 bits per heavy atom. The average Bonchev–Trinajstić information content (AvgIpc) is 2.95. The topological polar surface area (TPSA) is 55.3 Å². The first kappa shape index (κ1) is 12.3. The zero-order valence-electron chi connectivity index (χ0n) is 9.93. The van der Waals surface area contributed by atoms with Crippen molar-refractivity contribution in [3.63, 3.8) is 0 Å². The van der Waals surface area contributed by atoms with Crippen molar-refractivity contribution in [2.45, 2.75) is 13.0 Å². The van der Waals surface area contributed by atoms with Crippen molar-refractivity contribution in [3.8, 4) is 10.6 Å². The van der Waals surface area contributed by atoms with E-state index in [1.807, 2.05) is 23.6 Å². The zero-order valence-corrected chi connectivity index (χ0v) is 10.7. The maximum Gasteiger partial charge on any atom is 0.177 e. The zero-order chi connectivity index (χ0) is 12.1. The summed E-state index contributed by atoms with van der Waals surface area (Å²) in [6.07, 6.45) is 1.01. The van der Waals surface area contributed by atoms with E-state index in [2.05, 4.69) is 17.1 Å². The van der Waals surface area contributed by atoms with Gasteiger partial charge in [0.05, 0.1) is 10.6 Å². The van der Waals surface area contributed by atoms with Crippen LogP contribution in [0.2, 0.25) is 0 Å². The molecule has 0 amide bonds. The van der Waals surface area contributed by atoms with Crippen LogP contribution in [-0.4, -0.2) is 30.2 Å². The van der Waals surface area contributed by atoms with Gasteiger partial charge in [0.15, 0.2) is 5.76 Å². The first-order valence-electron chi connectivity index (χ1n) is 5.67. The normalized spacial score (nSPS) is 11.2. The molecule has 0 aliphatic rings. The SMILES string of the molecule is CN(CCCN)Cc1cc(-c2cccs2)on1. The number of nitrogens with two attached hydrogens (primary N) is 1. The molecule has 92 valence electrons. The van der Waals surface area contributed by atoms with Gasteiger partial charge in [-0.05, 0) is 38.0 Å². The third-order valence-electron chi connectivity index (χ3n) is 2.50. The second-order valence-corrected chi connectivity index (χ2v) is 4.99. The Balaban J connectivity index is 1.94. The van der Waals surface area contributed by atoms with E-state index in [9.17, 15) is 0 Å². The summed E-state index contributed by atoms with van der Waals surface area (Å²) in [6, 6.07) is 6.05. The van der Waals surface area contributed by atoms with Gasteiger partial charge in [0.2, 0.25) is 0 Å². The molecular formula is C12H17N3OS. The lowest BCUT2D eigenvalue weighted by molar-refractivity contribution is 0.309. The van der Waals surface area contributed by atoms with E-state index in [0.29, 0.717) is 0 Å². The highest BCUT2D eigenvalue weighted by Gasteiger charge is 2.09. The molecule has 2 aromatic rings. The van der Waals surface area contributed by atoms with E-state index in [-0.39, 0.29) is 0 Å². The van der Waals surface area contributed by atoms with Crippen LogP contribution in [0.5, 0.6) is 0 Å². The Kier molecular flexibility index (Phi) is 4.30. The van der Waals surface area contributed by atoms with Crippen LogP contribution in [0.4, 0.5) is 0 Å². The standard InChI is InChI=1S/C12H17N3OS/c1-15(6-3-5-13)9-10-8-11(16-14-10)12-4-2-7-17-12/h2,4,7-8H,3,5-6,9,13H2,1H3. The number of nitrogens with zero attached hydrogens (tertiary/aromatic N) is 2. The monoisotopic (exact) mass is 251 g/mol. The molecule has 0 atom stereocenters. The molecular weight excluding hydrogens is 234 g/mol. The molecule has 2 heterocycles. The molecule has 2 N–H and O–H groups in total. The van der Waals surface area contributed by atoms with Gasteiger partial charge in [-0.25, -0.2) is 0 Å². The van der Waals surface area contributed by atoms with Crippen LogP contribution in [-0.2, 0) is 6.54 Å². The van der Waals surface area contributed by atoms with Crippen LogP contribution in [0, 0.1) is 0 Å². The minimum absolute atomic E-state index is 0.726. The first-order chi connectivity index (χ1) is 8.29. The van der Waals surface area contributed by atoms with Gasteiger partial charge in [0, 0.05) is 12.6 Å². The highest BCUT2D eigenvalue weighted by molar-refractivity contribution is 7.13. The molecule has 17 heavy (non-hydrogen) atoms. The summed E-state index contributed by atoms with van der Waals surface area (Å²) in [5, 5.41) is 6.11. The molecule has 0 fully saturated rings. The fourth-order valence-corrected chi connectivity index (χ4v) is 2.31. The summed E-state index contributed by atoms with van der Waals surface area (Å²) >= 11 is 1.66. The third kappa shape index (κ3) is 3.39. The molecule has 0 radical (unpaired) electrons. The number of aromatic nitrogens is 1. The summed E-state index contributed by atoms with van der Waals surface area (Å²) in [5.74, 6) is 0.849. The van der Waals surface area contributed by atoms with E-state index in [4.69, 9.17) is 10.3 Å². The third-order valence-corrected chi connectivity index (χ3v) is 3.38. The van der Waals surface area contributed by atoms with Crippen LogP contribution in [0.25, 0.3) is 10.6 Å². The van der Waals surface area contributed by atoms with Gasteiger partial charge in [-0.1, -0.05) is 11.2 Å². The van der Waals surface area contributed by atoms with Crippen molar-refractivity contribution >= 4 is 11.3 Å². The number of thiophene rings is 1. The van der Waals surface area contributed by atoms with E-state index >= 15 is 0 Å². The molecule has 0 aromatic carbocycles. The summed E-state index contributed by atoms with van der Waals surface area (Å²) in [7, 11) is 2.06. The van der Waals surface area contributed by atoms with Crippen molar-refractivity contribution in [2.24, 2.45) is 5.73 Å². The molecule has 0 aliphatic carbocycles. The fourth-order valence-electron chi connectivity index (χ4n) is 1.64. The van der Waals surface area contributed by atoms with Crippen molar-refractivity contribution in [1.82, 2.24) is 10.1 Å². The van der Waals surface area contributed by atoms with E-state index in [1.165, 1.54) is 0 Å². The van der Waals surface area contributed by atoms with Gasteiger partial charge in [-0.15, -0.1) is 11.3 Å². The summed E-state index contributed by atoms with van der Waals surface area (Å²) < 4.78 is 5.32. The second kappa shape index (κ2) is 5.95. The van der Waals surface area contributed by atoms with Crippen LogP contribution in [0.1, 0.15) is 12.1 Å². The molecule has 0 saturated heterocycles. The Morgan fingerprint density at radius 1 is 1.53 bits per heavy atom. The van der Waals surface area contributed by atoms with Crippen molar-refractivity contribution in [1.29, 1.82) is 0 Å². The van der Waals surface area contributed by atoms with Gasteiger partial charge >= 0.3 is 0 Å². The molecule has 0 saturated carbocycles. The predicted octanol–water partition coefficient (Wildman–Crippen LogP) is 2.18. The van der Waals surface area contributed by atoms with Crippen molar-refractivity contribution < 1.29 is 4.52 Å². The Morgan fingerprint density at radius 3 is 3.12 bits per heavy atom. The highest BCUT2D eigenvalue weighted by Crippen LogP contribution is 2.25. The molecule has 5 heteroatoms. The summed E-state index contributed by atoms with van der Waals surface area (Å²) in [4.78, 5) is 3.32. The van der Waals surface area contributed by atoms with Crippen LogP contribution >= 0.6 is 11.3 Å². The average molecular weight is 251 g/mol. The van der Waals surface area contributed by atoms with Gasteiger partial charge < -0.3 is 15.2 Å². The maximum atomic E-state index is 5.48. The molecule has 0 spiro atoms. The Hall–Kier alpha value is -1.17. The smallest absolute Gasteiger partial charge is 0.177 e. The molecule has 0 aliphatic heterocycles. The molecule has 2 aromatic heterocycles. The van der Waals surface area contributed by atoms with E-state index in [0.717, 1.165) is 42.4 Å². The second-order valence-electron chi connectivity index (χ2n) is 4.04. The summed E-state index contributed by atoms with van der Waals surface area (Å²) in [5.41, 5.74) is 6.44. The summed E-state index contributed by atoms with van der Waals surface area (Å²) in [6.45, 7) is 2.51. The van der Waals surface area contributed by atoms with Gasteiger partial charge in [-0.2, -0.15) is 0 Å². The van der Waals surface area contributed by atoms with E-state index < -0.39 is 0 Å². The fraction of sp³-hybridized carbons (Fsp3) is 0.417. The molecule has 0 unspecified atom stereocenters. The quantitative estimate of drug-likeness (QED) is 0.855. The molecule has 2 rings (SSSR count). The first-order valence-corrected chi connectivity index (χ1v) is 6.55. The molecule has 0 bridgehead atoms. The lowest BCUT2D eigenvalue weighted by Crippen LogP contribution is -2.21. The van der Waals surface area contributed by atoms with Crippen LogP contribution in [0.3, 0.4) is 0 Å². The minimum Gasteiger partial charge on any atom is -0.355 e. The largest absolute Gasteiger partial charge is 0.355 e. The maximum absolute atomic E-state index is 5.48. The highest BCUT2D eigenvalue weighted by atomic mass is 32.1. The number of hydrogen-bond acceptors (Lipinski definition) is 5. The lowest BCUT2D eigenvalue weighted by atomic mass is 10.3. The van der Waals surface area contributed by atoms with E-state index in [1.54, 1.807) is 11.3 Å². The van der Waals surface area contributed by atoms with Crippen LogP contribution in [0.15, 0.2) is 28.1 Å². The van der Waals surface area contributed by atoms with Crippen molar-refractivity contribution in [2.75, 3.05) is 20.1 Å². The number of rotatable bonds is 6.